The molecule has 3 N–H and O–H groups in total. The predicted octanol–water partition coefficient (Wildman–Crippen LogP) is 3.74. The molecular weight excluding hydrogens is 517 g/mol. The Morgan fingerprint density at radius 1 is 1.22 bits per heavy atom. The van der Waals surface area contributed by atoms with Gasteiger partial charge in [-0.2, -0.15) is 0 Å². The fraction of sp³-hybridized carbons (Fsp3) is 0.667. The van der Waals surface area contributed by atoms with Crippen LogP contribution in [0.1, 0.15) is 57.9 Å². The van der Waals surface area contributed by atoms with Gasteiger partial charge in [-0.3, -0.25) is 4.79 Å². The molecule has 2 fully saturated rings. The molecule has 0 saturated carbocycles. The van der Waals surface area contributed by atoms with Crippen LogP contribution in [-0.4, -0.2) is 61.7 Å². The lowest BCUT2D eigenvalue weighted by atomic mass is 10.0. The highest BCUT2D eigenvalue weighted by Crippen LogP contribution is 2.17. The number of halogens is 1. The van der Waals surface area contributed by atoms with E-state index in [9.17, 15) is 4.79 Å². The molecular formula is C24H40IN5O2. The maximum Gasteiger partial charge on any atom is 0.253 e. The fourth-order valence-corrected chi connectivity index (χ4v) is 4.25. The van der Waals surface area contributed by atoms with Crippen molar-refractivity contribution in [2.45, 2.75) is 71.1 Å². The molecule has 0 aliphatic carbocycles. The molecule has 1 aromatic carbocycles. The van der Waals surface area contributed by atoms with Gasteiger partial charge in [0.15, 0.2) is 5.96 Å². The molecule has 2 unspecified atom stereocenters. The van der Waals surface area contributed by atoms with Gasteiger partial charge in [-0.1, -0.05) is 18.6 Å². The molecule has 0 bridgehead atoms. The number of hydrogen-bond donors (Lipinski definition) is 3. The summed E-state index contributed by atoms with van der Waals surface area (Å²) >= 11 is 0. The summed E-state index contributed by atoms with van der Waals surface area (Å²) < 4.78 is 5.46. The summed E-state index contributed by atoms with van der Waals surface area (Å²) in [6.45, 7) is 9.75. The molecule has 2 atom stereocenters. The summed E-state index contributed by atoms with van der Waals surface area (Å²) in [5, 5.41) is 9.74. The van der Waals surface area contributed by atoms with Gasteiger partial charge in [0.25, 0.3) is 5.91 Å². The summed E-state index contributed by atoms with van der Waals surface area (Å²) in [6.07, 6.45) is 6.55. The fourth-order valence-electron chi connectivity index (χ4n) is 4.25. The van der Waals surface area contributed by atoms with Crippen LogP contribution in [0.4, 0.5) is 5.69 Å². The maximum absolute atomic E-state index is 12.3. The summed E-state index contributed by atoms with van der Waals surface area (Å²) in [7, 11) is 0. The Balaban J connectivity index is 0.00000363. The zero-order valence-corrected chi connectivity index (χ0v) is 21.9. The average Bonchev–Trinajstić information content (AvgIpc) is 3.31. The topological polar surface area (TPSA) is 78.0 Å². The van der Waals surface area contributed by atoms with Crippen molar-refractivity contribution in [2.75, 3.05) is 38.1 Å². The molecule has 7 nitrogen and oxygen atoms in total. The van der Waals surface area contributed by atoms with E-state index in [1.807, 2.05) is 24.3 Å². The van der Waals surface area contributed by atoms with Gasteiger partial charge >= 0.3 is 0 Å². The van der Waals surface area contributed by atoms with Crippen molar-refractivity contribution in [3.05, 3.63) is 29.8 Å². The minimum atomic E-state index is -0.320. The van der Waals surface area contributed by atoms with Crippen LogP contribution >= 0.6 is 24.0 Å². The highest BCUT2D eigenvalue weighted by molar-refractivity contribution is 14.0. The molecule has 2 heterocycles. The largest absolute Gasteiger partial charge is 0.368 e. The van der Waals surface area contributed by atoms with Gasteiger partial charge < -0.3 is 25.6 Å². The number of rotatable bonds is 9. The van der Waals surface area contributed by atoms with Crippen molar-refractivity contribution in [3.63, 3.8) is 0 Å². The van der Waals surface area contributed by atoms with Gasteiger partial charge in [0.05, 0.1) is 6.54 Å². The van der Waals surface area contributed by atoms with E-state index in [2.05, 4.69) is 34.7 Å². The number of anilines is 1. The Bertz CT molecular complexity index is 724. The molecule has 1 amide bonds. The third-order valence-corrected chi connectivity index (χ3v) is 6.04. The number of amides is 1. The van der Waals surface area contributed by atoms with E-state index < -0.39 is 0 Å². The van der Waals surface area contributed by atoms with Gasteiger partial charge in [-0.05, 0) is 70.2 Å². The molecule has 32 heavy (non-hydrogen) atoms. The number of nitrogens with one attached hydrogen (secondary N) is 3. The third kappa shape index (κ3) is 8.86. The third-order valence-electron chi connectivity index (χ3n) is 6.04. The first-order chi connectivity index (χ1) is 15.2. The van der Waals surface area contributed by atoms with Crippen molar-refractivity contribution in [1.82, 2.24) is 15.5 Å². The van der Waals surface area contributed by atoms with Crippen molar-refractivity contribution in [3.8, 4) is 0 Å². The van der Waals surface area contributed by atoms with Crippen LogP contribution in [0.25, 0.3) is 0 Å². The SMILES string of the molecule is CCNC(=NCc1cccc(NC(=O)C2CCCO2)c1)NCCCN1CCCCC1C.I. The van der Waals surface area contributed by atoms with Gasteiger partial charge in [-0.15, -0.1) is 24.0 Å². The van der Waals surface area contributed by atoms with Crippen LogP contribution in [-0.2, 0) is 16.1 Å². The minimum absolute atomic E-state index is 0. The predicted molar refractivity (Wildman–Crippen MR) is 142 cm³/mol. The van der Waals surface area contributed by atoms with Crippen LogP contribution in [0.2, 0.25) is 0 Å². The van der Waals surface area contributed by atoms with Crippen LogP contribution in [0.15, 0.2) is 29.3 Å². The van der Waals surface area contributed by atoms with Crippen molar-refractivity contribution in [1.29, 1.82) is 0 Å². The zero-order valence-electron chi connectivity index (χ0n) is 19.6. The number of hydrogen-bond acceptors (Lipinski definition) is 4. The second kappa shape index (κ2) is 14.7. The lowest BCUT2D eigenvalue weighted by Crippen LogP contribution is -2.41. The Labute approximate surface area is 210 Å². The Hall–Kier alpha value is -1.39. The molecule has 0 aromatic heterocycles. The Kier molecular flexibility index (Phi) is 12.3. The summed E-state index contributed by atoms with van der Waals surface area (Å²) in [5.74, 6) is 0.777. The van der Waals surface area contributed by atoms with Crippen LogP contribution < -0.4 is 16.0 Å². The van der Waals surface area contributed by atoms with E-state index in [-0.39, 0.29) is 36.0 Å². The van der Waals surface area contributed by atoms with E-state index in [4.69, 9.17) is 9.73 Å². The standard InChI is InChI=1S/C24H39N5O2.HI/c1-3-25-24(26-13-8-15-29-14-5-4-9-19(29)2)27-18-20-10-6-11-21(17-20)28-23(30)22-12-7-16-31-22;/h6,10-11,17,19,22H,3-5,7-9,12-16,18H2,1-2H3,(H,28,30)(H2,25,26,27);1H. The first kappa shape index (κ1) is 26.9. The molecule has 180 valence electrons. The van der Waals surface area contributed by atoms with E-state index in [1.54, 1.807) is 0 Å². The molecule has 2 aliphatic heterocycles. The van der Waals surface area contributed by atoms with Crippen LogP contribution in [0.5, 0.6) is 0 Å². The molecule has 2 saturated heterocycles. The molecule has 1 aromatic rings. The number of benzene rings is 1. The minimum Gasteiger partial charge on any atom is -0.368 e. The summed E-state index contributed by atoms with van der Waals surface area (Å²) in [4.78, 5) is 19.6. The van der Waals surface area contributed by atoms with E-state index in [0.717, 1.165) is 56.1 Å². The molecule has 0 radical (unpaired) electrons. The van der Waals surface area contributed by atoms with E-state index in [0.29, 0.717) is 19.2 Å². The van der Waals surface area contributed by atoms with Gasteiger partial charge in [0, 0.05) is 38.0 Å². The maximum atomic E-state index is 12.3. The molecule has 3 rings (SSSR count). The first-order valence-corrected chi connectivity index (χ1v) is 11.9. The zero-order chi connectivity index (χ0) is 21.9. The Morgan fingerprint density at radius 2 is 2.09 bits per heavy atom. The number of guanidine groups is 1. The number of carbonyl (C=O) groups excluding carboxylic acids is 1. The van der Waals surface area contributed by atoms with Crippen LogP contribution in [0.3, 0.4) is 0 Å². The second-order valence-corrected chi connectivity index (χ2v) is 8.55. The van der Waals surface area contributed by atoms with E-state index in [1.165, 1.54) is 25.8 Å². The average molecular weight is 558 g/mol. The number of aliphatic imine (C=N–C) groups is 1. The quantitative estimate of drug-likeness (QED) is 0.187. The van der Waals surface area contributed by atoms with Crippen LogP contribution in [0, 0.1) is 0 Å². The molecule has 0 spiro atoms. The number of ether oxygens (including phenoxy) is 1. The summed E-state index contributed by atoms with van der Waals surface area (Å²) in [6, 6.07) is 8.59. The van der Waals surface area contributed by atoms with Crippen molar-refractivity contribution < 1.29 is 9.53 Å². The monoisotopic (exact) mass is 557 g/mol. The van der Waals surface area contributed by atoms with Crippen molar-refractivity contribution >= 4 is 41.5 Å². The summed E-state index contributed by atoms with van der Waals surface area (Å²) in [5.41, 5.74) is 1.85. The van der Waals surface area contributed by atoms with Gasteiger partial charge in [0.2, 0.25) is 0 Å². The van der Waals surface area contributed by atoms with E-state index >= 15 is 0 Å². The second-order valence-electron chi connectivity index (χ2n) is 8.55. The van der Waals surface area contributed by atoms with Gasteiger partial charge in [0.1, 0.15) is 6.10 Å². The lowest BCUT2D eigenvalue weighted by molar-refractivity contribution is -0.124. The highest BCUT2D eigenvalue weighted by atomic mass is 127. The number of likely N-dealkylation sites (tertiary alicyclic amines) is 1. The highest BCUT2D eigenvalue weighted by Gasteiger charge is 2.23. The van der Waals surface area contributed by atoms with Crippen molar-refractivity contribution in [2.24, 2.45) is 4.99 Å². The lowest BCUT2D eigenvalue weighted by Gasteiger charge is -2.33. The number of carbonyl (C=O) groups is 1. The number of piperidine rings is 1. The Morgan fingerprint density at radius 3 is 2.84 bits per heavy atom. The molecule has 2 aliphatic rings. The molecule has 8 heteroatoms. The normalized spacial score (nSPS) is 21.6. The number of nitrogens with zero attached hydrogens (tertiary/aromatic N) is 2. The smallest absolute Gasteiger partial charge is 0.253 e. The van der Waals surface area contributed by atoms with Gasteiger partial charge in [-0.25, -0.2) is 4.99 Å². The first-order valence-electron chi connectivity index (χ1n) is 11.9.